The molecule has 0 saturated carbocycles. The molecule has 8 heteroatoms. The van der Waals surface area contributed by atoms with Crippen LogP contribution < -0.4 is 10.6 Å². The highest BCUT2D eigenvalue weighted by atomic mass is 32.2. The van der Waals surface area contributed by atoms with Crippen LogP contribution in [0.5, 0.6) is 0 Å². The Hall–Kier alpha value is -1.67. The molecule has 0 radical (unpaired) electrons. The van der Waals surface area contributed by atoms with E-state index in [9.17, 15) is 9.18 Å². The maximum Gasteiger partial charge on any atom is 0.230 e. The molecule has 0 spiro atoms. The number of thioether (sulfide) groups is 1. The molecule has 22 heavy (non-hydrogen) atoms. The van der Waals surface area contributed by atoms with Crippen LogP contribution in [-0.4, -0.2) is 28.4 Å². The molecule has 0 aliphatic rings. The number of nitrogens with one attached hydrogen (secondary N) is 2. The van der Waals surface area contributed by atoms with Crippen molar-refractivity contribution in [3.05, 3.63) is 35.6 Å². The quantitative estimate of drug-likeness (QED) is 0.723. The van der Waals surface area contributed by atoms with Crippen molar-refractivity contribution < 1.29 is 9.18 Å². The standard InChI is InChI=1S/C14H17FN4OS2/c1-2-7-16-13-18-19-14(22-13)21-9-12(20)17-8-10-5-3-4-6-11(10)15/h3-6H,2,7-9H2,1H3,(H,16,18)(H,17,20). The first kappa shape index (κ1) is 16.7. The molecule has 0 aliphatic heterocycles. The molecule has 1 aromatic carbocycles. The highest BCUT2D eigenvalue weighted by Crippen LogP contribution is 2.25. The van der Waals surface area contributed by atoms with E-state index in [4.69, 9.17) is 0 Å². The van der Waals surface area contributed by atoms with Gasteiger partial charge in [-0.2, -0.15) is 0 Å². The zero-order valence-corrected chi connectivity index (χ0v) is 13.8. The molecule has 0 unspecified atom stereocenters. The molecule has 1 heterocycles. The molecule has 0 atom stereocenters. The van der Waals surface area contributed by atoms with Gasteiger partial charge in [0.1, 0.15) is 5.82 Å². The lowest BCUT2D eigenvalue weighted by Crippen LogP contribution is -2.24. The zero-order valence-electron chi connectivity index (χ0n) is 12.1. The monoisotopic (exact) mass is 340 g/mol. The summed E-state index contributed by atoms with van der Waals surface area (Å²) in [5.41, 5.74) is 0.475. The number of amides is 1. The van der Waals surface area contributed by atoms with Crippen LogP contribution in [0.15, 0.2) is 28.6 Å². The SMILES string of the molecule is CCCNc1nnc(SCC(=O)NCc2ccccc2F)s1. The van der Waals surface area contributed by atoms with Gasteiger partial charge in [-0.05, 0) is 12.5 Å². The Kier molecular flexibility index (Phi) is 6.60. The summed E-state index contributed by atoms with van der Waals surface area (Å²) in [4.78, 5) is 11.8. The van der Waals surface area contributed by atoms with Crippen LogP contribution in [0.2, 0.25) is 0 Å². The number of halogens is 1. The fourth-order valence-electron chi connectivity index (χ4n) is 1.59. The Labute approximate surface area is 136 Å². The van der Waals surface area contributed by atoms with Crippen LogP contribution in [0, 0.1) is 5.82 Å². The minimum absolute atomic E-state index is 0.161. The number of carbonyl (C=O) groups is 1. The molecule has 1 amide bonds. The minimum atomic E-state index is -0.314. The number of anilines is 1. The smallest absolute Gasteiger partial charge is 0.230 e. The lowest BCUT2D eigenvalue weighted by Gasteiger charge is -2.05. The van der Waals surface area contributed by atoms with Crippen molar-refractivity contribution in [2.75, 3.05) is 17.6 Å². The maximum absolute atomic E-state index is 13.4. The first-order valence-electron chi connectivity index (χ1n) is 6.89. The third kappa shape index (κ3) is 5.27. The Balaban J connectivity index is 1.73. The Bertz CT molecular complexity index is 620. The van der Waals surface area contributed by atoms with Gasteiger partial charge in [-0.15, -0.1) is 10.2 Å². The van der Waals surface area contributed by atoms with E-state index in [2.05, 4.69) is 27.8 Å². The number of rotatable bonds is 8. The molecule has 2 rings (SSSR count). The van der Waals surface area contributed by atoms with E-state index in [-0.39, 0.29) is 24.0 Å². The molecule has 0 bridgehead atoms. The average molecular weight is 340 g/mol. The molecule has 2 N–H and O–H groups in total. The van der Waals surface area contributed by atoms with E-state index in [0.29, 0.717) is 5.56 Å². The van der Waals surface area contributed by atoms with Gasteiger partial charge >= 0.3 is 0 Å². The van der Waals surface area contributed by atoms with Crippen molar-refractivity contribution in [1.82, 2.24) is 15.5 Å². The summed E-state index contributed by atoms with van der Waals surface area (Å²) in [5, 5.41) is 14.6. The summed E-state index contributed by atoms with van der Waals surface area (Å²) in [5.74, 6) is -0.241. The van der Waals surface area contributed by atoms with Crippen LogP contribution in [0.25, 0.3) is 0 Å². The predicted octanol–water partition coefficient (Wildman–Crippen LogP) is 2.91. The maximum atomic E-state index is 13.4. The molecule has 1 aromatic heterocycles. The number of aromatic nitrogens is 2. The molecule has 2 aromatic rings. The molecule has 5 nitrogen and oxygen atoms in total. The normalized spacial score (nSPS) is 10.5. The Morgan fingerprint density at radius 3 is 2.95 bits per heavy atom. The molecule has 0 saturated heterocycles. The lowest BCUT2D eigenvalue weighted by molar-refractivity contribution is -0.118. The van der Waals surface area contributed by atoms with Crippen LogP contribution in [0.3, 0.4) is 0 Å². The Morgan fingerprint density at radius 1 is 1.36 bits per heavy atom. The zero-order chi connectivity index (χ0) is 15.8. The summed E-state index contributed by atoms with van der Waals surface area (Å²) in [6.07, 6.45) is 1.01. The number of hydrogen-bond acceptors (Lipinski definition) is 6. The van der Waals surface area contributed by atoms with Gasteiger partial charge in [-0.25, -0.2) is 4.39 Å². The number of benzene rings is 1. The first-order chi connectivity index (χ1) is 10.7. The highest BCUT2D eigenvalue weighted by molar-refractivity contribution is 8.01. The highest BCUT2D eigenvalue weighted by Gasteiger charge is 2.08. The van der Waals surface area contributed by atoms with Crippen molar-refractivity contribution in [3.63, 3.8) is 0 Å². The fraction of sp³-hybridized carbons (Fsp3) is 0.357. The first-order valence-corrected chi connectivity index (χ1v) is 8.69. The minimum Gasteiger partial charge on any atom is -0.360 e. The summed E-state index contributed by atoms with van der Waals surface area (Å²) in [6.45, 7) is 3.11. The van der Waals surface area contributed by atoms with Crippen molar-refractivity contribution in [1.29, 1.82) is 0 Å². The van der Waals surface area contributed by atoms with E-state index in [1.165, 1.54) is 29.2 Å². The number of hydrogen-bond donors (Lipinski definition) is 2. The summed E-state index contributed by atoms with van der Waals surface area (Å²) in [6, 6.07) is 6.39. The summed E-state index contributed by atoms with van der Waals surface area (Å²) >= 11 is 2.74. The van der Waals surface area contributed by atoms with Crippen molar-refractivity contribution in [3.8, 4) is 0 Å². The van der Waals surface area contributed by atoms with Crippen molar-refractivity contribution in [2.24, 2.45) is 0 Å². The van der Waals surface area contributed by atoms with Gasteiger partial charge in [0.2, 0.25) is 11.0 Å². The lowest BCUT2D eigenvalue weighted by atomic mass is 10.2. The Morgan fingerprint density at radius 2 is 2.18 bits per heavy atom. The van der Waals surface area contributed by atoms with Gasteiger partial charge in [0.25, 0.3) is 0 Å². The molecular weight excluding hydrogens is 323 g/mol. The number of carbonyl (C=O) groups excluding carboxylic acids is 1. The van der Waals surface area contributed by atoms with Gasteiger partial charge in [-0.1, -0.05) is 48.2 Å². The molecule has 0 aliphatic carbocycles. The van der Waals surface area contributed by atoms with E-state index in [1.54, 1.807) is 18.2 Å². The molecular formula is C14H17FN4OS2. The van der Waals surface area contributed by atoms with Crippen molar-refractivity contribution in [2.45, 2.75) is 24.2 Å². The van der Waals surface area contributed by atoms with Crippen molar-refractivity contribution >= 4 is 34.1 Å². The van der Waals surface area contributed by atoms with Gasteiger partial charge in [0.15, 0.2) is 4.34 Å². The van der Waals surface area contributed by atoms with Gasteiger partial charge in [-0.3, -0.25) is 4.79 Å². The van der Waals surface area contributed by atoms with Crippen LogP contribution >= 0.6 is 23.1 Å². The predicted molar refractivity (Wildman–Crippen MR) is 87.7 cm³/mol. The van der Waals surface area contributed by atoms with Crippen LogP contribution in [0.4, 0.5) is 9.52 Å². The van der Waals surface area contributed by atoms with Gasteiger partial charge in [0.05, 0.1) is 5.75 Å². The summed E-state index contributed by atoms with van der Waals surface area (Å²) < 4.78 is 14.2. The second-order valence-corrected chi connectivity index (χ2v) is 6.66. The topological polar surface area (TPSA) is 66.9 Å². The van der Waals surface area contributed by atoms with E-state index in [1.807, 2.05) is 0 Å². The fourth-order valence-corrected chi connectivity index (χ4v) is 3.19. The third-order valence-electron chi connectivity index (χ3n) is 2.69. The van der Waals surface area contributed by atoms with Gasteiger partial charge < -0.3 is 10.6 Å². The molecule has 0 fully saturated rings. The van der Waals surface area contributed by atoms with E-state index >= 15 is 0 Å². The third-order valence-corrected chi connectivity index (χ3v) is 4.71. The molecule has 118 valence electrons. The van der Waals surface area contributed by atoms with Gasteiger partial charge in [0, 0.05) is 18.7 Å². The van der Waals surface area contributed by atoms with E-state index in [0.717, 1.165) is 22.4 Å². The second kappa shape index (κ2) is 8.70. The average Bonchev–Trinajstić information content (AvgIpc) is 2.98. The second-order valence-electron chi connectivity index (χ2n) is 4.46. The van der Waals surface area contributed by atoms with E-state index < -0.39 is 0 Å². The number of nitrogens with zero attached hydrogens (tertiary/aromatic N) is 2. The summed E-state index contributed by atoms with van der Waals surface area (Å²) in [7, 11) is 0. The van der Waals surface area contributed by atoms with Crippen LogP contribution in [-0.2, 0) is 11.3 Å². The van der Waals surface area contributed by atoms with Crippen LogP contribution in [0.1, 0.15) is 18.9 Å². The largest absolute Gasteiger partial charge is 0.360 e.